The van der Waals surface area contributed by atoms with Crippen molar-refractivity contribution in [1.82, 2.24) is 15.1 Å². The number of aryl methyl sites for hydroxylation is 1. The molecule has 6 heteroatoms. The standard InChI is InChI=1S/C11H12ClN3OS/c12-10-4-3-9(17-10)11(16)13-5-1-7-15-8-2-6-14-15/h2-4,6,8H,1,5,7H2,(H,13,16). The molecule has 4 nitrogen and oxygen atoms in total. The zero-order chi connectivity index (χ0) is 12.1. The van der Waals surface area contributed by atoms with E-state index in [0.29, 0.717) is 15.8 Å². The van der Waals surface area contributed by atoms with Crippen LogP contribution in [0.5, 0.6) is 0 Å². The van der Waals surface area contributed by atoms with Crippen molar-refractivity contribution in [2.24, 2.45) is 0 Å². The van der Waals surface area contributed by atoms with Crippen molar-refractivity contribution in [2.75, 3.05) is 6.54 Å². The van der Waals surface area contributed by atoms with Gasteiger partial charge in [-0.3, -0.25) is 9.48 Å². The number of amides is 1. The quantitative estimate of drug-likeness (QED) is 0.848. The number of rotatable bonds is 5. The number of hydrogen-bond acceptors (Lipinski definition) is 3. The largest absolute Gasteiger partial charge is 0.351 e. The van der Waals surface area contributed by atoms with Gasteiger partial charge in [0.25, 0.3) is 5.91 Å². The van der Waals surface area contributed by atoms with Crippen LogP contribution in [0.4, 0.5) is 0 Å². The van der Waals surface area contributed by atoms with Gasteiger partial charge in [0.1, 0.15) is 0 Å². The third-order valence-electron chi connectivity index (χ3n) is 2.21. The number of hydrogen-bond donors (Lipinski definition) is 1. The molecule has 1 amide bonds. The van der Waals surface area contributed by atoms with Crippen molar-refractivity contribution in [1.29, 1.82) is 0 Å². The number of halogens is 1. The van der Waals surface area contributed by atoms with Gasteiger partial charge in [-0.1, -0.05) is 11.6 Å². The number of nitrogens with zero attached hydrogens (tertiary/aromatic N) is 2. The Kier molecular flexibility index (Phi) is 4.17. The minimum atomic E-state index is -0.0673. The highest BCUT2D eigenvalue weighted by Crippen LogP contribution is 2.20. The summed E-state index contributed by atoms with van der Waals surface area (Å²) in [6.45, 7) is 1.44. The van der Waals surface area contributed by atoms with E-state index in [2.05, 4.69) is 10.4 Å². The first-order chi connectivity index (χ1) is 8.25. The normalized spacial score (nSPS) is 10.4. The second-order valence-electron chi connectivity index (χ2n) is 3.48. The molecule has 0 atom stereocenters. The molecular formula is C11H12ClN3OS. The fourth-order valence-corrected chi connectivity index (χ4v) is 2.36. The van der Waals surface area contributed by atoms with Crippen LogP contribution in [0.25, 0.3) is 0 Å². The second kappa shape index (κ2) is 5.84. The molecule has 0 aliphatic rings. The van der Waals surface area contributed by atoms with Crippen LogP contribution < -0.4 is 5.32 Å². The Bertz CT molecular complexity index is 481. The molecule has 0 aliphatic heterocycles. The van der Waals surface area contributed by atoms with Crippen molar-refractivity contribution < 1.29 is 4.79 Å². The van der Waals surface area contributed by atoms with Crippen LogP contribution in [-0.2, 0) is 6.54 Å². The summed E-state index contributed by atoms with van der Waals surface area (Å²) in [7, 11) is 0. The van der Waals surface area contributed by atoms with Gasteiger partial charge < -0.3 is 5.32 Å². The van der Waals surface area contributed by atoms with Crippen LogP contribution >= 0.6 is 22.9 Å². The molecule has 2 aromatic heterocycles. The highest BCUT2D eigenvalue weighted by molar-refractivity contribution is 7.17. The Morgan fingerprint density at radius 1 is 1.53 bits per heavy atom. The minimum Gasteiger partial charge on any atom is -0.351 e. The lowest BCUT2D eigenvalue weighted by atomic mass is 10.4. The monoisotopic (exact) mass is 269 g/mol. The second-order valence-corrected chi connectivity index (χ2v) is 5.20. The average Bonchev–Trinajstić information content (AvgIpc) is 2.95. The van der Waals surface area contributed by atoms with Crippen LogP contribution in [-0.4, -0.2) is 22.2 Å². The SMILES string of the molecule is O=C(NCCCn1cccn1)c1ccc(Cl)s1. The van der Waals surface area contributed by atoms with Crippen LogP contribution in [0.15, 0.2) is 30.6 Å². The number of carbonyl (C=O) groups excluding carboxylic acids is 1. The maximum atomic E-state index is 11.6. The molecule has 0 saturated carbocycles. The first kappa shape index (κ1) is 12.1. The summed E-state index contributed by atoms with van der Waals surface area (Å²) in [6.07, 6.45) is 4.50. The van der Waals surface area contributed by atoms with Crippen LogP contribution in [0.1, 0.15) is 16.1 Å². The van der Waals surface area contributed by atoms with Gasteiger partial charge in [-0.25, -0.2) is 0 Å². The topological polar surface area (TPSA) is 46.9 Å². The van der Waals surface area contributed by atoms with E-state index in [4.69, 9.17) is 11.6 Å². The zero-order valence-corrected chi connectivity index (χ0v) is 10.7. The van der Waals surface area contributed by atoms with Crippen molar-refractivity contribution in [3.05, 3.63) is 39.8 Å². The zero-order valence-electron chi connectivity index (χ0n) is 9.10. The molecule has 0 bridgehead atoms. The molecule has 0 aliphatic carbocycles. The summed E-state index contributed by atoms with van der Waals surface area (Å²) in [5.74, 6) is -0.0673. The number of aromatic nitrogens is 2. The van der Waals surface area contributed by atoms with Crippen molar-refractivity contribution in [3.8, 4) is 0 Å². The van der Waals surface area contributed by atoms with E-state index in [9.17, 15) is 4.79 Å². The van der Waals surface area contributed by atoms with E-state index in [0.717, 1.165) is 13.0 Å². The predicted octanol–water partition coefficient (Wildman–Crippen LogP) is 2.42. The number of thiophene rings is 1. The lowest BCUT2D eigenvalue weighted by Gasteiger charge is -2.03. The van der Waals surface area contributed by atoms with Gasteiger partial charge in [-0.15, -0.1) is 11.3 Å². The minimum absolute atomic E-state index is 0.0673. The molecule has 0 fully saturated rings. The van der Waals surface area contributed by atoms with Gasteiger partial charge in [-0.05, 0) is 24.6 Å². The van der Waals surface area contributed by atoms with Crippen molar-refractivity contribution >= 4 is 28.8 Å². The molecule has 0 radical (unpaired) electrons. The van der Waals surface area contributed by atoms with Crippen molar-refractivity contribution in [2.45, 2.75) is 13.0 Å². The average molecular weight is 270 g/mol. The van der Waals surface area contributed by atoms with Gasteiger partial charge in [0.15, 0.2) is 0 Å². The Morgan fingerprint density at radius 2 is 2.41 bits per heavy atom. The fourth-order valence-electron chi connectivity index (χ4n) is 1.40. The summed E-state index contributed by atoms with van der Waals surface area (Å²) in [5, 5.41) is 6.93. The van der Waals surface area contributed by atoms with E-state index in [1.54, 1.807) is 18.3 Å². The summed E-state index contributed by atoms with van der Waals surface area (Å²) in [4.78, 5) is 12.3. The Hall–Kier alpha value is -1.33. The number of carbonyl (C=O) groups is 1. The molecule has 0 unspecified atom stereocenters. The smallest absolute Gasteiger partial charge is 0.261 e. The lowest BCUT2D eigenvalue weighted by molar-refractivity contribution is 0.0956. The molecule has 1 N–H and O–H groups in total. The van der Waals surface area contributed by atoms with Crippen LogP contribution in [0.3, 0.4) is 0 Å². The molecular weight excluding hydrogens is 258 g/mol. The third kappa shape index (κ3) is 3.57. The highest BCUT2D eigenvalue weighted by atomic mass is 35.5. The summed E-state index contributed by atoms with van der Waals surface area (Å²) in [6, 6.07) is 5.34. The molecule has 0 spiro atoms. The first-order valence-corrected chi connectivity index (χ1v) is 6.46. The molecule has 0 aromatic carbocycles. The molecule has 17 heavy (non-hydrogen) atoms. The Labute approximate surface area is 108 Å². The van der Waals surface area contributed by atoms with Crippen LogP contribution in [0, 0.1) is 0 Å². The molecule has 2 heterocycles. The fraction of sp³-hybridized carbons (Fsp3) is 0.273. The predicted molar refractivity (Wildman–Crippen MR) is 68.5 cm³/mol. The van der Waals surface area contributed by atoms with E-state index in [1.807, 2.05) is 16.9 Å². The van der Waals surface area contributed by atoms with Crippen LogP contribution in [0.2, 0.25) is 4.34 Å². The Morgan fingerprint density at radius 3 is 3.06 bits per heavy atom. The van der Waals surface area contributed by atoms with E-state index in [-0.39, 0.29) is 5.91 Å². The molecule has 2 rings (SSSR count). The van der Waals surface area contributed by atoms with Crippen molar-refractivity contribution in [3.63, 3.8) is 0 Å². The third-order valence-corrected chi connectivity index (χ3v) is 3.44. The highest BCUT2D eigenvalue weighted by Gasteiger charge is 2.07. The van der Waals surface area contributed by atoms with Gasteiger partial charge in [0, 0.05) is 25.5 Å². The van der Waals surface area contributed by atoms with E-state index in [1.165, 1.54) is 11.3 Å². The number of nitrogens with one attached hydrogen (secondary N) is 1. The Balaban J connectivity index is 1.70. The maximum Gasteiger partial charge on any atom is 0.261 e. The van der Waals surface area contributed by atoms with E-state index >= 15 is 0 Å². The van der Waals surface area contributed by atoms with Gasteiger partial charge >= 0.3 is 0 Å². The summed E-state index contributed by atoms with van der Waals surface area (Å²) >= 11 is 7.05. The summed E-state index contributed by atoms with van der Waals surface area (Å²) < 4.78 is 2.47. The summed E-state index contributed by atoms with van der Waals surface area (Å²) in [5.41, 5.74) is 0. The first-order valence-electron chi connectivity index (χ1n) is 5.26. The molecule has 0 saturated heterocycles. The van der Waals surface area contributed by atoms with Gasteiger partial charge in [0.05, 0.1) is 9.21 Å². The van der Waals surface area contributed by atoms with E-state index < -0.39 is 0 Å². The maximum absolute atomic E-state index is 11.6. The van der Waals surface area contributed by atoms with Gasteiger partial charge in [0.2, 0.25) is 0 Å². The lowest BCUT2D eigenvalue weighted by Crippen LogP contribution is -2.24. The molecule has 90 valence electrons. The molecule has 2 aromatic rings. The van der Waals surface area contributed by atoms with Gasteiger partial charge in [-0.2, -0.15) is 5.10 Å².